The minimum absolute atomic E-state index is 0.0385. The Hall–Kier alpha value is -2.80. The van der Waals surface area contributed by atoms with E-state index >= 15 is 0 Å². The normalized spacial score (nSPS) is 16.6. The molecule has 0 amide bonds. The molecule has 0 unspecified atom stereocenters. The minimum Gasteiger partial charge on any atom is -0.362 e. The molecule has 6 nitrogen and oxygen atoms in total. The molecule has 1 N–H and O–H groups in total. The van der Waals surface area contributed by atoms with Crippen molar-refractivity contribution in [2.45, 2.75) is 39.3 Å². The van der Waals surface area contributed by atoms with Gasteiger partial charge in [0.1, 0.15) is 11.6 Å². The van der Waals surface area contributed by atoms with Crippen LogP contribution in [0, 0.1) is 19.7 Å². The van der Waals surface area contributed by atoms with Crippen molar-refractivity contribution in [2.24, 2.45) is 0 Å². The molecule has 30 heavy (non-hydrogen) atoms. The van der Waals surface area contributed by atoms with E-state index in [1.807, 2.05) is 33.0 Å². The fourth-order valence-corrected chi connectivity index (χ4v) is 4.07. The number of aryl methyl sites for hydroxylation is 2. The zero-order valence-electron chi connectivity index (χ0n) is 18.5. The van der Waals surface area contributed by atoms with Gasteiger partial charge in [-0.25, -0.2) is 9.37 Å². The van der Waals surface area contributed by atoms with Crippen LogP contribution in [0.2, 0.25) is 0 Å². The molecule has 1 aliphatic heterocycles. The van der Waals surface area contributed by atoms with Crippen LogP contribution < -0.4 is 10.2 Å². The quantitative estimate of drug-likeness (QED) is 0.686. The summed E-state index contributed by atoms with van der Waals surface area (Å²) in [6, 6.07) is 6.93. The Labute approximate surface area is 177 Å². The van der Waals surface area contributed by atoms with Gasteiger partial charge in [-0.15, -0.1) is 5.10 Å². The Morgan fingerprint density at radius 2 is 1.87 bits per heavy atom. The lowest BCUT2D eigenvalue weighted by Gasteiger charge is -2.52. The SMILES string of the molecule is Cc1cc(F)ccc1[C@@H](C)Nc1nnc(C)c2cnc(N3CC(C)(N(C)C)C3)cc12. The number of pyridine rings is 1. The summed E-state index contributed by atoms with van der Waals surface area (Å²) in [6.45, 7) is 10.0. The number of likely N-dealkylation sites (N-methyl/N-ethyl adjacent to an activating group) is 1. The van der Waals surface area contributed by atoms with Crippen LogP contribution >= 0.6 is 0 Å². The summed E-state index contributed by atoms with van der Waals surface area (Å²) in [5.41, 5.74) is 2.96. The molecule has 0 radical (unpaired) electrons. The Bertz CT molecular complexity index is 1090. The number of benzene rings is 1. The summed E-state index contributed by atoms with van der Waals surface area (Å²) >= 11 is 0. The molecule has 0 aliphatic carbocycles. The summed E-state index contributed by atoms with van der Waals surface area (Å²) in [6.07, 6.45) is 1.89. The van der Waals surface area contributed by atoms with Crippen molar-refractivity contribution in [2.75, 3.05) is 37.4 Å². The van der Waals surface area contributed by atoms with Gasteiger partial charge in [-0.05, 0) is 71.1 Å². The van der Waals surface area contributed by atoms with Gasteiger partial charge in [-0.2, -0.15) is 5.10 Å². The van der Waals surface area contributed by atoms with Crippen molar-refractivity contribution in [1.29, 1.82) is 0 Å². The van der Waals surface area contributed by atoms with Crippen LogP contribution in [-0.4, -0.2) is 52.8 Å². The van der Waals surface area contributed by atoms with Gasteiger partial charge in [0.25, 0.3) is 0 Å². The number of aromatic nitrogens is 3. The molecular formula is C23H29FN6. The number of rotatable bonds is 5. The maximum atomic E-state index is 13.5. The van der Waals surface area contributed by atoms with E-state index in [2.05, 4.69) is 57.4 Å². The maximum Gasteiger partial charge on any atom is 0.157 e. The molecule has 3 heterocycles. The average Bonchev–Trinajstić information content (AvgIpc) is 2.67. The molecule has 1 aromatic carbocycles. The van der Waals surface area contributed by atoms with Crippen LogP contribution in [0.4, 0.5) is 16.0 Å². The number of nitrogens with one attached hydrogen (secondary N) is 1. The topological polar surface area (TPSA) is 57.2 Å². The van der Waals surface area contributed by atoms with Crippen molar-refractivity contribution < 1.29 is 4.39 Å². The maximum absolute atomic E-state index is 13.5. The van der Waals surface area contributed by atoms with E-state index in [1.54, 1.807) is 6.07 Å². The van der Waals surface area contributed by atoms with E-state index in [1.165, 1.54) is 6.07 Å². The number of fused-ring (bicyclic) bond motifs is 1. The van der Waals surface area contributed by atoms with E-state index < -0.39 is 0 Å². The van der Waals surface area contributed by atoms with Gasteiger partial charge >= 0.3 is 0 Å². The van der Waals surface area contributed by atoms with Gasteiger partial charge in [-0.3, -0.25) is 0 Å². The average molecular weight is 409 g/mol. The van der Waals surface area contributed by atoms with E-state index in [-0.39, 0.29) is 17.4 Å². The third kappa shape index (κ3) is 3.58. The lowest BCUT2D eigenvalue weighted by molar-refractivity contribution is 0.132. The van der Waals surface area contributed by atoms with Crippen molar-refractivity contribution in [1.82, 2.24) is 20.1 Å². The van der Waals surface area contributed by atoms with Gasteiger partial charge in [-0.1, -0.05) is 6.07 Å². The molecule has 2 aromatic heterocycles. The fraction of sp³-hybridized carbons (Fsp3) is 0.435. The van der Waals surface area contributed by atoms with E-state index in [0.29, 0.717) is 5.82 Å². The number of hydrogen-bond acceptors (Lipinski definition) is 6. The molecule has 158 valence electrons. The van der Waals surface area contributed by atoms with Crippen LogP contribution in [0.1, 0.15) is 36.7 Å². The second-order valence-corrected chi connectivity index (χ2v) is 8.84. The van der Waals surface area contributed by atoms with E-state index in [4.69, 9.17) is 0 Å². The third-order valence-electron chi connectivity index (χ3n) is 6.35. The fourth-order valence-electron chi connectivity index (χ4n) is 4.07. The first kappa shape index (κ1) is 20.5. The highest BCUT2D eigenvalue weighted by Crippen LogP contribution is 2.33. The monoisotopic (exact) mass is 408 g/mol. The van der Waals surface area contributed by atoms with Crippen molar-refractivity contribution in [3.63, 3.8) is 0 Å². The molecular weight excluding hydrogens is 379 g/mol. The van der Waals surface area contributed by atoms with Gasteiger partial charge in [0.05, 0.1) is 17.3 Å². The predicted molar refractivity (Wildman–Crippen MR) is 120 cm³/mol. The van der Waals surface area contributed by atoms with Crippen molar-refractivity contribution in [3.05, 3.63) is 53.1 Å². The minimum atomic E-state index is -0.223. The molecule has 1 fully saturated rings. The molecule has 1 saturated heterocycles. The molecule has 7 heteroatoms. The van der Waals surface area contributed by atoms with Crippen LogP contribution in [0.25, 0.3) is 10.8 Å². The summed E-state index contributed by atoms with van der Waals surface area (Å²) in [7, 11) is 4.23. The molecule has 0 saturated carbocycles. The molecule has 1 atom stereocenters. The van der Waals surface area contributed by atoms with Gasteiger partial charge in [0.2, 0.25) is 0 Å². The van der Waals surface area contributed by atoms with E-state index in [0.717, 1.165) is 46.5 Å². The Morgan fingerprint density at radius 1 is 1.13 bits per heavy atom. The van der Waals surface area contributed by atoms with Crippen LogP contribution in [0.15, 0.2) is 30.5 Å². The molecule has 3 aromatic rings. The summed E-state index contributed by atoms with van der Waals surface area (Å²) in [5.74, 6) is 1.44. The third-order valence-corrected chi connectivity index (χ3v) is 6.35. The standard InChI is InChI=1S/C23H29FN6/c1-14-9-17(24)7-8-18(14)15(2)26-22-19-10-21(25-11-20(19)16(3)27-28-22)30-12-23(4,13-30)29(5)6/h7-11,15H,12-13H2,1-6H3,(H,26,28)/t15-/m1/s1. The predicted octanol–water partition coefficient (Wildman–Crippen LogP) is 4.09. The number of hydrogen-bond donors (Lipinski definition) is 1. The first-order valence-electron chi connectivity index (χ1n) is 10.3. The Balaban J connectivity index is 1.66. The summed E-state index contributed by atoms with van der Waals surface area (Å²) < 4.78 is 13.5. The van der Waals surface area contributed by atoms with Crippen LogP contribution in [-0.2, 0) is 0 Å². The number of nitrogens with zero attached hydrogens (tertiary/aromatic N) is 5. The molecule has 0 bridgehead atoms. The van der Waals surface area contributed by atoms with Crippen molar-refractivity contribution >= 4 is 22.4 Å². The zero-order chi connectivity index (χ0) is 21.6. The second kappa shape index (κ2) is 7.47. The lowest BCUT2D eigenvalue weighted by atomic mass is 9.91. The molecule has 4 rings (SSSR count). The van der Waals surface area contributed by atoms with Gasteiger partial charge < -0.3 is 15.1 Å². The van der Waals surface area contributed by atoms with Gasteiger partial charge in [0.15, 0.2) is 5.82 Å². The number of halogens is 1. The first-order valence-corrected chi connectivity index (χ1v) is 10.3. The number of anilines is 2. The molecule has 1 aliphatic rings. The largest absolute Gasteiger partial charge is 0.362 e. The highest BCUT2D eigenvalue weighted by Gasteiger charge is 2.41. The first-order chi connectivity index (χ1) is 14.2. The Kier molecular flexibility index (Phi) is 5.10. The van der Waals surface area contributed by atoms with Crippen LogP contribution in [0.3, 0.4) is 0 Å². The lowest BCUT2D eigenvalue weighted by Crippen LogP contribution is -2.67. The van der Waals surface area contributed by atoms with E-state index in [9.17, 15) is 4.39 Å². The highest BCUT2D eigenvalue weighted by atomic mass is 19.1. The van der Waals surface area contributed by atoms with Crippen LogP contribution in [0.5, 0.6) is 0 Å². The smallest absolute Gasteiger partial charge is 0.157 e. The highest BCUT2D eigenvalue weighted by molar-refractivity contribution is 5.94. The molecule has 0 spiro atoms. The summed E-state index contributed by atoms with van der Waals surface area (Å²) in [5, 5.41) is 14.2. The second-order valence-electron chi connectivity index (χ2n) is 8.84. The summed E-state index contributed by atoms with van der Waals surface area (Å²) in [4.78, 5) is 9.24. The Morgan fingerprint density at radius 3 is 2.53 bits per heavy atom. The zero-order valence-corrected chi connectivity index (χ0v) is 18.5. The van der Waals surface area contributed by atoms with Gasteiger partial charge in [0, 0.05) is 30.1 Å². The van der Waals surface area contributed by atoms with Crippen molar-refractivity contribution in [3.8, 4) is 0 Å².